The van der Waals surface area contributed by atoms with Crippen molar-refractivity contribution in [3.63, 3.8) is 0 Å². The summed E-state index contributed by atoms with van der Waals surface area (Å²) in [6.07, 6.45) is 8.61. The number of hydrogen-bond acceptors (Lipinski definition) is 5. The Hall–Kier alpha value is -1.53. The molecule has 0 aliphatic heterocycles. The van der Waals surface area contributed by atoms with Crippen LogP contribution >= 0.6 is 0 Å². The first kappa shape index (κ1) is 15.5. The maximum Gasteiger partial charge on any atom is 0.180 e. The second-order valence-electron chi connectivity index (χ2n) is 4.10. The van der Waals surface area contributed by atoms with E-state index in [0.29, 0.717) is 12.7 Å². The first-order chi connectivity index (χ1) is 8.99. The molecular weight excluding hydrogens is 268 g/mol. The Morgan fingerprint density at radius 3 is 2.74 bits per heavy atom. The van der Waals surface area contributed by atoms with Crippen molar-refractivity contribution in [3.05, 3.63) is 35.3 Å². The summed E-state index contributed by atoms with van der Waals surface area (Å²) in [5, 5.41) is 8.67. The van der Waals surface area contributed by atoms with Gasteiger partial charge in [0, 0.05) is 0 Å². The third-order valence-electron chi connectivity index (χ3n) is 2.63. The van der Waals surface area contributed by atoms with Crippen LogP contribution in [-0.2, 0) is 19.4 Å². The van der Waals surface area contributed by atoms with E-state index in [9.17, 15) is 18.0 Å². The fraction of sp³-hybridized carbons (Fsp3) is 0.385. The molecule has 0 aromatic rings. The minimum Gasteiger partial charge on any atom is -0.395 e. The molecule has 0 spiro atoms. The van der Waals surface area contributed by atoms with E-state index in [4.69, 9.17) is 5.11 Å². The van der Waals surface area contributed by atoms with Gasteiger partial charge in [-0.3, -0.25) is 4.79 Å². The normalized spacial score (nSPS) is 19.4. The highest BCUT2D eigenvalue weighted by molar-refractivity contribution is 7.95. The lowest BCUT2D eigenvalue weighted by molar-refractivity contribution is -0.118. The average Bonchev–Trinajstić information content (AvgIpc) is 2.37. The topological polar surface area (TPSA) is 88.5 Å². The van der Waals surface area contributed by atoms with Gasteiger partial charge in [-0.2, -0.15) is 0 Å². The van der Waals surface area contributed by atoms with Crippen molar-refractivity contribution < 1.29 is 23.1 Å². The largest absolute Gasteiger partial charge is 0.395 e. The molecule has 1 aliphatic carbocycles. The zero-order valence-corrected chi connectivity index (χ0v) is 11.2. The summed E-state index contributed by atoms with van der Waals surface area (Å²) in [7, 11) is -3.41. The van der Waals surface area contributed by atoms with Gasteiger partial charge in [-0.25, -0.2) is 8.42 Å². The Balaban J connectivity index is 2.62. The van der Waals surface area contributed by atoms with Crippen molar-refractivity contribution in [2.45, 2.75) is 12.8 Å². The van der Waals surface area contributed by atoms with Gasteiger partial charge in [0.1, 0.15) is 6.29 Å². The molecule has 104 valence electrons. The molecule has 0 saturated carbocycles. The predicted molar refractivity (Wildman–Crippen MR) is 71.0 cm³/mol. The number of ketones is 1. The van der Waals surface area contributed by atoms with Crippen LogP contribution in [0.25, 0.3) is 0 Å². The Morgan fingerprint density at radius 1 is 1.47 bits per heavy atom. The van der Waals surface area contributed by atoms with Gasteiger partial charge < -0.3 is 9.90 Å². The minimum absolute atomic E-state index is 0.0521. The second-order valence-corrected chi connectivity index (χ2v) is 6.21. The molecule has 0 heterocycles. The number of rotatable bonds is 7. The second kappa shape index (κ2) is 7.16. The summed E-state index contributed by atoms with van der Waals surface area (Å²) in [4.78, 5) is 21.4. The molecule has 5 nitrogen and oxygen atoms in total. The van der Waals surface area contributed by atoms with Crippen LogP contribution < -0.4 is 0 Å². The number of hydrogen-bond donors (Lipinski definition) is 1. The number of aliphatic hydroxyl groups is 1. The number of aldehydes is 1. The lowest BCUT2D eigenvalue weighted by Crippen LogP contribution is -2.13. The molecule has 6 heteroatoms. The van der Waals surface area contributed by atoms with Gasteiger partial charge in [0.25, 0.3) is 0 Å². The molecule has 0 aromatic heterocycles. The lowest BCUT2D eigenvalue weighted by Gasteiger charge is -2.12. The molecule has 0 radical (unpaired) electrons. The van der Waals surface area contributed by atoms with Crippen LogP contribution in [0.2, 0.25) is 0 Å². The molecule has 0 saturated heterocycles. The highest BCUT2D eigenvalue weighted by Crippen LogP contribution is 2.21. The Labute approximate surface area is 112 Å². The van der Waals surface area contributed by atoms with E-state index in [0.717, 1.165) is 0 Å². The SMILES string of the molecule is O=CCC(=O)C=CC1C=CC(S(=O)(=O)CCO)=CC1. The van der Waals surface area contributed by atoms with Gasteiger partial charge in [-0.15, -0.1) is 0 Å². The maximum absolute atomic E-state index is 11.7. The van der Waals surface area contributed by atoms with Crippen LogP contribution in [0.3, 0.4) is 0 Å². The first-order valence-electron chi connectivity index (χ1n) is 5.86. The van der Waals surface area contributed by atoms with Gasteiger partial charge in [0.05, 0.1) is 23.7 Å². The van der Waals surface area contributed by atoms with Crippen LogP contribution in [0, 0.1) is 5.92 Å². The molecule has 1 N–H and O–H groups in total. The summed E-state index contributed by atoms with van der Waals surface area (Å²) in [5.41, 5.74) is 0. The van der Waals surface area contributed by atoms with Crippen molar-refractivity contribution in [2.75, 3.05) is 12.4 Å². The highest BCUT2D eigenvalue weighted by Gasteiger charge is 2.17. The molecule has 1 aliphatic rings. The van der Waals surface area contributed by atoms with E-state index in [1.165, 1.54) is 12.2 Å². The van der Waals surface area contributed by atoms with Gasteiger partial charge in [0.15, 0.2) is 15.6 Å². The van der Waals surface area contributed by atoms with Gasteiger partial charge in [-0.1, -0.05) is 18.2 Å². The molecule has 19 heavy (non-hydrogen) atoms. The van der Waals surface area contributed by atoms with Crippen molar-refractivity contribution in [2.24, 2.45) is 5.92 Å². The van der Waals surface area contributed by atoms with Gasteiger partial charge >= 0.3 is 0 Å². The number of aliphatic hydroxyl groups excluding tert-OH is 1. The monoisotopic (exact) mass is 284 g/mol. The van der Waals surface area contributed by atoms with Crippen LogP contribution in [0.15, 0.2) is 35.3 Å². The average molecular weight is 284 g/mol. The molecule has 1 atom stereocenters. The van der Waals surface area contributed by atoms with E-state index in [1.54, 1.807) is 18.2 Å². The summed E-state index contributed by atoms with van der Waals surface area (Å²) in [5.74, 6) is -0.614. The van der Waals surface area contributed by atoms with Crippen molar-refractivity contribution in [3.8, 4) is 0 Å². The Kier molecular flexibility index (Phi) is 5.85. The van der Waals surface area contributed by atoms with E-state index >= 15 is 0 Å². The number of carbonyl (C=O) groups excluding carboxylic acids is 2. The Morgan fingerprint density at radius 2 is 2.21 bits per heavy atom. The maximum atomic E-state index is 11.7. The van der Waals surface area contributed by atoms with Crippen LogP contribution in [0.1, 0.15) is 12.8 Å². The van der Waals surface area contributed by atoms with Crippen LogP contribution in [-0.4, -0.2) is 38.0 Å². The molecule has 0 fully saturated rings. The minimum atomic E-state index is -3.41. The standard InChI is InChI=1S/C13H16O5S/c14-8-7-12(16)4-1-11-2-5-13(6-3-11)19(17,18)10-9-15/h1-2,4-6,8,11,15H,3,7,9-10H2. The molecule has 1 rings (SSSR count). The third-order valence-corrected chi connectivity index (χ3v) is 4.37. The van der Waals surface area contributed by atoms with Crippen molar-refractivity contribution >= 4 is 21.9 Å². The molecule has 0 aromatic carbocycles. The summed E-state index contributed by atoms with van der Waals surface area (Å²) in [6.45, 7) is -0.406. The van der Waals surface area contributed by atoms with E-state index in [1.807, 2.05) is 0 Å². The molecular formula is C13H16O5S. The highest BCUT2D eigenvalue weighted by atomic mass is 32.2. The zero-order chi connectivity index (χ0) is 14.3. The fourth-order valence-electron chi connectivity index (χ4n) is 1.61. The van der Waals surface area contributed by atoms with Gasteiger partial charge in [-0.05, 0) is 24.5 Å². The number of carbonyl (C=O) groups is 2. The fourth-order valence-corrected chi connectivity index (χ4v) is 2.72. The third kappa shape index (κ3) is 4.92. The van der Waals surface area contributed by atoms with Crippen molar-refractivity contribution in [1.29, 1.82) is 0 Å². The molecule has 0 bridgehead atoms. The van der Waals surface area contributed by atoms with Crippen LogP contribution in [0.4, 0.5) is 0 Å². The summed E-state index contributed by atoms with van der Waals surface area (Å²) >= 11 is 0. The number of sulfone groups is 1. The molecule has 1 unspecified atom stereocenters. The Bertz CT molecular complexity index is 525. The summed E-state index contributed by atoms with van der Waals surface area (Å²) in [6, 6.07) is 0. The molecule has 0 amide bonds. The summed E-state index contributed by atoms with van der Waals surface area (Å²) < 4.78 is 23.3. The van der Waals surface area contributed by atoms with E-state index in [2.05, 4.69) is 0 Å². The number of allylic oxidation sites excluding steroid dienone is 5. The lowest BCUT2D eigenvalue weighted by atomic mass is 10.00. The van der Waals surface area contributed by atoms with Crippen molar-refractivity contribution in [1.82, 2.24) is 0 Å². The smallest absolute Gasteiger partial charge is 0.180 e. The van der Waals surface area contributed by atoms with Crippen LogP contribution in [0.5, 0.6) is 0 Å². The zero-order valence-electron chi connectivity index (χ0n) is 10.4. The van der Waals surface area contributed by atoms with Gasteiger partial charge in [0.2, 0.25) is 0 Å². The van der Waals surface area contributed by atoms with E-state index in [-0.39, 0.29) is 28.8 Å². The first-order valence-corrected chi connectivity index (χ1v) is 7.51. The predicted octanol–water partition coefficient (Wildman–Crippen LogP) is 0.568. The van der Waals surface area contributed by atoms with E-state index < -0.39 is 16.4 Å². The quantitative estimate of drug-likeness (QED) is 0.419.